The van der Waals surface area contributed by atoms with Crippen molar-refractivity contribution < 1.29 is 4.79 Å². The smallest absolute Gasteiger partial charge is 0.123 e. The lowest BCUT2D eigenvalue weighted by Crippen LogP contribution is -2.04. The molecule has 0 aliphatic rings. The first-order chi connectivity index (χ1) is 6.85. The normalized spacial score (nSPS) is 12.7. The Kier molecular flexibility index (Phi) is 10.4. The third-order valence-electron chi connectivity index (χ3n) is 2.65. The van der Waals surface area contributed by atoms with Crippen molar-refractivity contribution in [3.05, 3.63) is 0 Å². The molecule has 0 saturated heterocycles. The maximum Gasteiger partial charge on any atom is 0.123 e. The maximum atomic E-state index is 10.7. The summed E-state index contributed by atoms with van der Waals surface area (Å²) in [6.07, 6.45) is 10.4. The minimum atomic E-state index is 0.290. The molecule has 0 fully saturated rings. The summed E-state index contributed by atoms with van der Waals surface area (Å²) >= 11 is 0. The summed E-state index contributed by atoms with van der Waals surface area (Å²) in [7, 11) is 0. The van der Waals surface area contributed by atoms with Gasteiger partial charge in [0.1, 0.15) is 6.29 Å². The van der Waals surface area contributed by atoms with Gasteiger partial charge in [0, 0.05) is 5.92 Å². The summed E-state index contributed by atoms with van der Waals surface area (Å²) in [6, 6.07) is 0. The van der Waals surface area contributed by atoms with Crippen LogP contribution in [-0.2, 0) is 4.79 Å². The van der Waals surface area contributed by atoms with E-state index in [9.17, 15) is 4.79 Å². The van der Waals surface area contributed by atoms with E-state index in [1.54, 1.807) is 0 Å². The van der Waals surface area contributed by atoms with Crippen molar-refractivity contribution in [2.75, 3.05) is 6.54 Å². The van der Waals surface area contributed by atoms with Crippen LogP contribution < -0.4 is 5.73 Å². The molecule has 0 aromatic heterocycles. The molecule has 1 unspecified atom stereocenters. The van der Waals surface area contributed by atoms with Crippen molar-refractivity contribution in [3.8, 4) is 0 Å². The number of rotatable bonds is 10. The lowest BCUT2D eigenvalue weighted by Gasteiger charge is -2.08. The van der Waals surface area contributed by atoms with E-state index in [1.165, 1.54) is 25.7 Å². The average molecular weight is 199 g/mol. The summed E-state index contributed by atoms with van der Waals surface area (Å²) in [5, 5.41) is 0. The molecule has 1 atom stereocenters. The Balaban J connectivity index is 3.33. The highest BCUT2D eigenvalue weighted by Crippen LogP contribution is 2.14. The van der Waals surface area contributed by atoms with Crippen molar-refractivity contribution in [3.63, 3.8) is 0 Å². The molecule has 2 N–H and O–H groups in total. The van der Waals surface area contributed by atoms with Crippen LogP contribution in [0.3, 0.4) is 0 Å². The van der Waals surface area contributed by atoms with Gasteiger partial charge in [-0.15, -0.1) is 0 Å². The van der Waals surface area contributed by atoms with Crippen molar-refractivity contribution in [2.24, 2.45) is 11.7 Å². The molecule has 0 aromatic carbocycles. The zero-order valence-electron chi connectivity index (χ0n) is 9.50. The van der Waals surface area contributed by atoms with Gasteiger partial charge in [-0.05, 0) is 25.8 Å². The topological polar surface area (TPSA) is 43.1 Å². The highest BCUT2D eigenvalue weighted by molar-refractivity contribution is 5.53. The standard InChI is InChI=1S/C12H25NO/c1-2-3-4-5-8-12(11-14)9-6-7-10-13/h11-12H,2-10,13H2,1H3. The average Bonchev–Trinajstić information content (AvgIpc) is 2.22. The Hall–Kier alpha value is -0.370. The number of carbonyl (C=O) groups excluding carboxylic acids is 1. The van der Waals surface area contributed by atoms with Gasteiger partial charge in [0.25, 0.3) is 0 Å². The van der Waals surface area contributed by atoms with Crippen LogP contribution in [0.15, 0.2) is 0 Å². The Bertz CT molecular complexity index is 125. The van der Waals surface area contributed by atoms with Crippen LogP contribution in [0, 0.1) is 5.92 Å². The predicted molar refractivity (Wildman–Crippen MR) is 61.2 cm³/mol. The molecular formula is C12H25NO. The number of unbranched alkanes of at least 4 members (excludes halogenated alkanes) is 4. The van der Waals surface area contributed by atoms with Gasteiger partial charge >= 0.3 is 0 Å². The zero-order chi connectivity index (χ0) is 10.6. The van der Waals surface area contributed by atoms with Gasteiger partial charge in [-0.2, -0.15) is 0 Å². The lowest BCUT2D eigenvalue weighted by molar-refractivity contribution is -0.111. The third kappa shape index (κ3) is 8.24. The van der Waals surface area contributed by atoms with Crippen LogP contribution >= 0.6 is 0 Å². The lowest BCUT2D eigenvalue weighted by atomic mass is 9.96. The molecule has 0 rings (SSSR count). The third-order valence-corrected chi connectivity index (χ3v) is 2.65. The second-order valence-corrected chi connectivity index (χ2v) is 4.03. The van der Waals surface area contributed by atoms with Gasteiger partial charge in [0.15, 0.2) is 0 Å². The molecule has 0 bridgehead atoms. The van der Waals surface area contributed by atoms with Crippen LogP contribution in [0.4, 0.5) is 0 Å². The highest BCUT2D eigenvalue weighted by Gasteiger charge is 2.05. The van der Waals surface area contributed by atoms with Crippen molar-refractivity contribution >= 4 is 6.29 Å². The van der Waals surface area contributed by atoms with E-state index >= 15 is 0 Å². The number of hydrogen-bond donors (Lipinski definition) is 1. The Morgan fingerprint density at radius 3 is 2.21 bits per heavy atom. The van der Waals surface area contributed by atoms with Gasteiger partial charge in [0.2, 0.25) is 0 Å². The van der Waals surface area contributed by atoms with Crippen molar-refractivity contribution in [1.82, 2.24) is 0 Å². The van der Waals surface area contributed by atoms with E-state index in [2.05, 4.69) is 6.92 Å². The minimum absolute atomic E-state index is 0.290. The Morgan fingerprint density at radius 2 is 1.71 bits per heavy atom. The fraction of sp³-hybridized carbons (Fsp3) is 0.917. The van der Waals surface area contributed by atoms with Crippen LogP contribution in [0.5, 0.6) is 0 Å². The summed E-state index contributed by atoms with van der Waals surface area (Å²) in [5.74, 6) is 0.290. The van der Waals surface area contributed by atoms with Crippen LogP contribution in [0.1, 0.15) is 58.3 Å². The van der Waals surface area contributed by atoms with E-state index in [4.69, 9.17) is 5.73 Å². The van der Waals surface area contributed by atoms with Crippen LogP contribution in [0.25, 0.3) is 0 Å². The fourth-order valence-electron chi connectivity index (χ4n) is 1.66. The molecule has 0 saturated carbocycles. The molecule has 0 radical (unpaired) electrons. The van der Waals surface area contributed by atoms with Gasteiger partial charge in [0.05, 0.1) is 0 Å². The Labute approximate surface area is 88.3 Å². The number of nitrogens with two attached hydrogens (primary N) is 1. The van der Waals surface area contributed by atoms with Crippen molar-refractivity contribution in [2.45, 2.75) is 58.3 Å². The van der Waals surface area contributed by atoms with Crippen molar-refractivity contribution in [1.29, 1.82) is 0 Å². The second-order valence-electron chi connectivity index (χ2n) is 4.03. The highest BCUT2D eigenvalue weighted by atomic mass is 16.1. The van der Waals surface area contributed by atoms with Crippen LogP contribution in [0.2, 0.25) is 0 Å². The predicted octanol–water partition coefficient (Wildman–Crippen LogP) is 2.90. The molecule has 0 spiro atoms. The molecule has 0 heterocycles. The summed E-state index contributed by atoms with van der Waals surface area (Å²) in [4.78, 5) is 10.7. The first kappa shape index (κ1) is 13.6. The van der Waals surface area contributed by atoms with E-state index in [0.29, 0.717) is 5.92 Å². The van der Waals surface area contributed by atoms with E-state index < -0.39 is 0 Å². The maximum absolute atomic E-state index is 10.7. The van der Waals surface area contributed by atoms with E-state index in [-0.39, 0.29) is 0 Å². The fourth-order valence-corrected chi connectivity index (χ4v) is 1.66. The number of hydrogen-bond acceptors (Lipinski definition) is 2. The molecular weight excluding hydrogens is 174 g/mol. The first-order valence-electron chi connectivity index (χ1n) is 6.00. The number of carbonyl (C=O) groups is 1. The largest absolute Gasteiger partial charge is 0.330 e. The van der Waals surface area contributed by atoms with E-state index in [1.807, 2.05) is 0 Å². The summed E-state index contributed by atoms with van der Waals surface area (Å²) in [5.41, 5.74) is 5.41. The van der Waals surface area contributed by atoms with Gasteiger partial charge < -0.3 is 10.5 Å². The SMILES string of the molecule is CCCCCCC(C=O)CCCCN. The number of aldehydes is 1. The molecule has 0 aliphatic heterocycles. The van der Waals surface area contributed by atoms with Gasteiger partial charge in [-0.1, -0.05) is 39.0 Å². The minimum Gasteiger partial charge on any atom is -0.330 e. The molecule has 14 heavy (non-hydrogen) atoms. The summed E-state index contributed by atoms with van der Waals surface area (Å²) < 4.78 is 0. The molecule has 0 aliphatic carbocycles. The van der Waals surface area contributed by atoms with Gasteiger partial charge in [-0.25, -0.2) is 0 Å². The molecule has 2 heteroatoms. The van der Waals surface area contributed by atoms with E-state index in [0.717, 1.165) is 38.5 Å². The second kappa shape index (κ2) is 10.7. The molecule has 84 valence electrons. The first-order valence-corrected chi connectivity index (χ1v) is 6.00. The Morgan fingerprint density at radius 1 is 1.07 bits per heavy atom. The zero-order valence-corrected chi connectivity index (χ0v) is 9.50. The molecule has 2 nitrogen and oxygen atoms in total. The summed E-state index contributed by atoms with van der Waals surface area (Å²) in [6.45, 7) is 2.96. The van der Waals surface area contributed by atoms with Crippen LogP contribution in [-0.4, -0.2) is 12.8 Å². The molecule has 0 amide bonds. The monoisotopic (exact) mass is 199 g/mol. The van der Waals surface area contributed by atoms with Gasteiger partial charge in [-0.3, -0.25) is 0 Å². The quantitative estimate of drug-likeness (QED) is 0.434. The molecule has 0 aromatic rings.